The highest BCUT2D eigenvalue weighted by Crippen LogP contribution is 2.37. The van der Waals surface area contributed by atoms with Crippen LogP contribution in [0.4, 0.5) is 4.39 Å². The predicted molar refractivity (Wildman–Crippen MR) is 78.0 cm³/mol. The maximum absolute atomic E-state index is 13.2. The molecule has 104 valence electrons. The van der Waals surface area contributed by atoms with E-state index in [2.05, 4.69) is 16.4 Å². The van der Waals surface area contributed by atoms with Gasteiger partial charge in [0.05, 0.1) is 0 Å². The largest absolute Gasteiger partial charge is 0.310 e. The molecule has 0 bridgehead atoms. The van der Waals surface area contributed by atoms with Gasteiger partial charge in [-0.05, 0) is 55.0 Å². The molecule has 1 heterocycles. The van der Waals surface area contributed by atoms with E-state index in [4.69, 9.17) is 0 Å². The van der Waals surface area contributed by atoms with Crippen molar-refractivity contribution in [2.75, 3.05) is 0 Å². The van der Waals surface area contributed by atoms with Crippen LogP contribution in [0.3, 0.4) is 0 Å². The normalized spacial score (nSPS) is 21.5. The molecule has 0 unspecified atom stereocenters. The van der Waals surface area contributed by atoms with Crippen LogP contribution in [-0.4, -0.2) is 11.0 Å². The fourth-order valence-corrected chi connectivity index (χ4v) is 2.68. The Kier molecular flexibility index (Phi) is 3.79. The van der Waals surface area contributed by atoms with Gasteiger partial charge in [-0.2, -0.15) is 0 Å². The van der Waals surface area contributed by atoms with Crippen molar-refractivity contribution >= 4 is 0 Å². The number of pyridine rings is 1. The highest BCUT2D eigenvalue weighted by atomic mass is 19.1. The Balaban J connectivity index is 1.48. The molecule has 1 aromatic heterocycles. The number of rotatable bonds is 4. The van der Waals surface area contributed by atoms with Gasteiger partial charge in [0.25, 0.3) is 0 Å². The molecule has 3 heteroatoms. The molecule has 1 aliphatic carbocycles. The van der Waals surface area contributed by atoms with Crippen LogP contribution < -0.4 is 5.32 Å². The Morgan fingerprint density at radius 3 is 2.80 bits per heavy atom. The maximum atomic E-state index is 13.2. The van der Waals surface area contributed by atoms with Gasteiger partial charge in [0, 0.05) is 24.5 Å². The fourth-order valence-electron chi connectivity index (χ4n) is 2.68. The van der Waals surface area contributed by atoms with Crippen molar-refractivity contribution in [2.45, 2.75) is 38.3 Å². The van der Waals surface area contributed by atoms with Crippen molar-refractivity contribution in [3.63, 3.8) is 0 Å². The average molecular weight is 270 g/mol. The summed E-state index contributed by atoms with van der Waals surface area (Å²) in [6.07, 6.45) is 4.09. The van der Waals surface area contributed by atoms with E-state index in [0.29, 0.717) is 12.0 Å². The summed E-state index contributed by atoms with van der Waals surface area (Å²) in [4.78, 5) is 4.29. The van der Waals surface area contributed by atoms with E-state index < -0.39 is 0 Å². The Morgan fingerprint density at radius 2 is 2.10 bits per heavy atom. The number of nitrogens with one attached hydrogen (secondary N) is 1. The third-order valence-corrected chi connectivity index (χ3v) is 4.03. The zero-order valence-corrected chi connectivity index (χ0v) is 11.6. The van der Waals surface area contributed by atoms with E-state index in [1.165, 1.54) is 11.6 Å². The lowest BCUT2D eigenvalue weighted by molar-refractivity contribution is 0.289. The van der Waals surface area contributed by atoms with Crippen LogP contribution in [0.15, 0.2) is 42.6 Å². The van der Waals surface area contributed by atoms with E-state index in [1.807, 2.05) is 25.3 Å². The Bertz CT molecular complexity index is 574. The maximum Gasteiger partial charge on any atom is 0.123 e. The predicted octanol–water partition coefficient (Wildman–Crippen LogP) is 3.56. The van der Waals surface area contributed by atoms with Gasteiger partial charge in [-0.15, -0.1) is 0 Å². The molecule has 2 nitrogen and oxygen atoms in total. The molecule has 2 aromatic rings. The molecule has 1 aliphatic rings. The molecule has 1 N–H and O–H groups in total. The Morgan fingerprint density at radius 1 is 1.25 bits per heavy atom. The van der Waals surface area contributed by atoms with Crippen LogP contribution in [0.2, 0.25) is 0 Å². The molecule has 0 spiro atoms. The smallest absolute Gasteiger partial charge is 0.123 e. The molecular formula is C17H19FN2. The molecule has 0 aliphatic heterocycles. The third kappa shape index (κ3) is 3.05. The molecule has 0 atom stereocenters. The number of hydrogen-bond donors (Lipinski definition) is 1. The molecule has 20 heavy (non-hydrogen) atoms. The van der Waals surface area contributed by atoms with Crippen molar-refractivity contribution in [2.24, 2.45) is 0 Å². The Hall–Kier alpha value is -1.74. The molecule has 0 saturated heterocycles. The van der Waals surface area contributed by atoms with E-state index in [-0.39, 0.29) is 5.82 Å². The SMILES string of the molecule is Cc1ccc(CNC2CC(c3cccc(F)c3)C2)cn1. The second-order valence-corrected chi connectivity index (χ2v) is 5.61. The van der Waals surface area contributed by atoms with Gasteiger partial charge in [-0.1, -0.05) is 18.2 Å². The summed E-state index contributed by atoms with van der Waals surface area (Å²) in [6.45, 7) is 2.85. The first-order chi connectivity index (χ1) is 9.70. The van der Waals surface area contributed by atoms with Crippen LogP contribution in [0.5, 0.6) is 0 Å². The molecular weight excluding hydrogens is 251 g/mol. The lowest BCUT2D eigenvalue weighted by Gasteiger charge is -2.36. The van der Waals surface area contributed by atoms with Gasteiger partial charge in [-0.3, -0.25) is 4.98 Å². The highest BCUT2D eigenvalue weighted by Gasteiger charge is 2.29. The van der Waals surface area contributed by atoms with Crippen LogP contribution in [0.25, 0.3) is 0 Å². The lowest BCUT2D eigenvalue weighted by Crippen LogP contribution is -2.39. The molecule has 1 fully saturated rings. The van der Waals surface area contributed by atoms with Crippen LogP contribution in [0.1, 0.15) is 35.6 Å². The minimum Gasteiger partial charge on any atom is -0.310 e. The summed E-state index contributed by atoms with van der Waals surface area (Å²) < 4.78 is 13.2. The van der Waals surface area contributed by atoms with Gasteiger partial charge in [0.1, 0.15) is 5.82 Å². The molecule has 3 rings (SSSR count). The van der Waals surface area contributed by atoms with Gasteiger partial charge in [-0.25, -0.2) is 4.39 Å². The lowest BCUT2D eigenvalue weighted by atomic mass is 9.76. The highest BCUT2D eigenvalue weighted by molar-refractivity contribution is 5.24. The molecule has 0 amide bonds. The van der Waals surface area contributed by atoms with Crippen LogP contribution >= 0.6 is 0 Å². The molecule has 0 radical (unpaired) electrons. The van der Waals surface area contributed by atoms with Crippen LogP contribution in [-0.2, 0) is 6.54 Å². The number of benzene rings is 1. The monoisotopic (exact) mass is 270 g/mol. The van der Waals surface area contributed by atoms with Gasteiger partial charge in [0.2, 0.25) is 0 Å². The second-order valence-electron chi connectivity index (χ2n) is 5.61. The zero-order chi connectivity index (χ0) is 13.9. The number of halogens is 1. The summed E-state index contributed by atoms with van der Waals surface area (Å²) >= 11 is 0. The summed E-state index contributed by atoms with van der Waals surface area (Å²) in [7, 11) is 0. The third-order valence-electron chi connectivity index (χ3n) is 4.03. The number of hydrogen-bond acceptors (Lipinski definition) is 2. The van der Waals surface area contributed by atoms with Crippen LogP contribution in [0, 0.1) is 12.7 Å². The van der Waals surface area contributed by atoms with E-state index in [0.717, 1.165) is 30.6 Å². The minimum absolute atomic E-state index is 0.135. The molecule has 1 aromatic carbocycles. The first kappa shape index (κ1) is 13.3. The number of aromatic nitrogens is 1. The quantitative estimate of drug-likeness (QED) is 0.918. The van der Waals surface area contributed by atoms with Gasteiger partial charge < -0.3 is 5.32 Å². The topological polar surface area (TPSA) is 24.9 Å². The van der Waals surface area contributed by atoms with Crippen molar-refractivity contribution in [1.82, 2.24) is 10.3 Å². The van der Waals surface area contributed by atoms with Crippen molar-refractivity contribution in [3.8, 4) is 0 Å². The molecule has 1 saturated carbocycles. The van der Waals surface area contributed by atoms with E-state index in [9.17, 15) is 4.39 Å². The minimum atomic E-state index is -0.135. The standard InChI is InChI=1S/C17H19FN2/c1-12-5-6-13(10-19-12)11-20-17-8-15(9-17)14-3-2-4-16(18)7-14/h2-7,10,15,17,20H,8-9,11H2,1H3. The number of nitrogens with zero attached hydrogens (tertiary/aromatic N) is 1. The second kappa shape index (κ2) is 5.71. The summed E-state index contributed by atoms with van der Waals surface area (Å²) in [5, 5.41) is 3.54. The van der Waals surface area contributed by atoms with Crippen molar-refractivity contribution < 1.29 is 4.39 Å². The van der Waals surface area contributed by atoms with E-state index >= 15 is 0 Å². The number of aryl methyl sites for hydroxylation is 1. The first-order valence-electron chi connectivity index (χ1n) is 7.11. The zero-order valence-electron chi connectivity index (χ0n) is 11.6. The summed E-state index contributed by atoms with van der Waals surface area (Å²) in [5.74, 6) is 0.365. The van der Waals surface area contributed by atoms with Crippen molar-refractivity contribution in [1.29, 1.82) is 0 Å². The Labute approximate surface area is 119 Å². The van der Waals surface area contributed by atoms with Crippen molar-refractivity contribution in [3.05, 3.63) is 65.2 Å². The van der Waals surface area contributed by atoms with E-state index in [1.54, 1.807) is 12.1 Å². The summed E-state index contributed by atoms with van der Waals surface area (Å²) in [5.41, 5.74) is 3.38. The first-order valence-corrected chi connectivity index (χ1v) is 7.11. The average Bonchev–Trinajstić information content (AvgIpc) is 2.39. The van der Waals surface area contributed by atoms with Gasteiger partial charge in [0.15, 0.2) is 0 Å². The van der Waals surface area contributed by atoms with Gasteiger partial charge >= 0.3 is 0 Å². The summed E-state index contributed by atoms with van der Waals surface area (Å²) in [6, 6.07) is 11.7. The fraction of sp³-hybridized carbons (Fsp3) is 0.353.